The van der Waals surface area contributed by atoms with Crippen molar-refractivity contribution < 1.29 is 19.5 Å². The summed E-state index contributed by atoms with van der Waals surface area (Å²) in [6.45, 7) is 1.40. The number of anilines is 1. The van der Waals surface area contributed by atoms with Crippen LogP contribution in [0.4, 0.5) is 5.69 Å². The van der Waals surface area contributed by atoms with E-state index in [4.69, 9.17) is 5.11 Å². The Morgan fingerprint density at radius 1 is 1.24 bits per heavy atom. The van der Waals surface area contributed by atoms with E-state index in [9.17, 15) is 14.4 Å². The summed E-state index contributed by atoms with van der Waals surface area (Å²) in [5.41, 5.74) is 0.956. The molecule has 1 atom stereocenters. The Morgan fingerprint density at radius 3 is 2.33 bits per heavy atom. The predicted octanol–water partition coefficient (Wildman–Crippen LogP) is 1.63. The molecule has 2 amide bonds. The average molecular weight is 290 g/mol. The molecule has 1 aromatic carbocycles. The Bertz CT molecular complexity index is 549. The van der Waals surface area contributed by atoms with Gasteiger partial charge in [0.05, 0.1) is 0 Å². The molecular formula is C15H18N2O4. The number of carbonyl (C=O) groups is 3. The average Bonchev–Trinajstić information content (AvgIpc) is 3.22. The summed E-state index contributed by atoms with van der Waals surface area (Å²) in [5.74, 6) is -1.21. The maximum absolute atomic E-state index is 12.0. The van der Waals surface area contributed by atoms with Gasteiger partial charge in [0.25, 0.3) is 5.91 Å². The lowest BCUT2D eigenvalue weighted by Crippen LogP contribution is -2.41. The highest BCUT2D eigenvalue weighted by Gasteiger charge is 2.30. The molecule has 21 heavy (non-hydrogen) atoms. The highest BCUT2D eigenvalue weighted by atomic mass is 16.4. The van der Waals surface area contributed by atoms with Crippen molar-refractivity contribution in [2.45, 2.75) is 32.2 Å². The third-order valence-corrected chi connectivity index (χ3v) is 3.34. The number of amides is 2. The van der Waals surface area contributed by atoms with Gasteiger partial charge in [0.2, 0.25) is 5.91 Å². The van der Waals surface area contributed by atoms with E-state index >= 15 is 0 Å². The highest BCUT2D eigenvalue weighted by molar-refractivity contribution is 5.97. The van der Waals surface area contributed by atoms with Crippen LogP contribution in [0.1, 0.15) is 36.5 Å². The van der Waals surface area contributed by atoms with Gasteiger partial charge in [-0.15, -0.1) is 0 Å². The van der Waals surface area contributed by atoms with E-state index in [1.807, 2.05) is 0 Å². The zero-order valence-corrected chi connectivity index (χ0v) is 11.8. The van der Waals surface area contributed by atoms with Gasteiger partial charge in [0.15, 0.2) is 0 Å². The lowest BCUT2D eigenvalue weighted by atomic mass is 10.1. The van der Waals surface area contributed by atoms with Gasteiger partial charge in [-0.3, -0.25) is 9.59 Å². The smallest absolute Gasteiger partial charge is 0.326 e. The Morgan fingerprint density at radius 2 is 1.86 bits per heavy atom. The number of hydrogen-bond donors (Lipinski definition) is 3. The van der Waals surface area contributed by atoms with Gasteiger partial charge < -0.3 is 15.7 Å². The van der Waals surface area contributed by atoms with Crippen molar-refractivity contribution in [1.29, 1.82) is 0 Å². The molecule has 1 aliphatic carbocycles. The predicted molar refractivity (Wildman–Crippen MR) is 77.0 cm³/mol. The molecule has 1 saturated carbocycles. The van der Waals surface area contributed by atoms with E-state index in [1.165, 1.54) is 6.92 Å². The highest BCUT2D eigenvalue weighted by Crippen LogP contribution is 2.33. The molecule has 0 radical (unpaired) electrons. The first-order valence-electron chi connectivity index (χ1n) is 6.87. The molecule has 1 aliphatic rings. The monoisotopic (exact) mass is 290 g/mol. The molecule has 2 rings (SSSR count). The molecular weight excluding hydrogens is 272 g/mol. The first kappa shape index (κ1) is 15.0. The molecule has 0 spiro atoms. The quantitative estimate of drug-likeness (QED) is 0.742. The van der Waals surface area contributed by atoms with Crippen molar-refractivity contribution in [1.82, 2.24) is 5.32 Å². The number of aliphatic carboxylic acids is 1. The number of carboxylic acids is 1. The van der Waals surface area contributed by atoms with E-state index in [0.717, 1.165) is 12.8 Å². The van der Waals surface area contributed by atoms with Gasteiger partial charge >= 0.3 is 5.97 Å². The number of carbonyl (C=O) groups excluding carboxylic acids is 2. The second-order valence-corrected chi connectivity index (χ2v) is 5.30. The Balaban J connectivity index is 1.97. The zero-order chi connectivity index (χ0) is 15.4. The molecule has 0 bridgehead atoms. The summed E-state index contributed by atoms with van der Waals surface area (Å²) in [6, 6.07) is 5.47. The first-order valence-corrected chi connectivity index (χ1v) is 6.87. The molecule has 0 aliphatic heterocycles. The second-order valence-electron chi connectivity index (χ2n) is 5.30. The molecule has 0 aromatic heterocycles. The minimum Gasteiger partial charge on any atom is -0.480 e. The van der Waals surface area contributed by atoms with E-state index in [-0.39, 0.29) is 5.91 Å². The molecule has 0 unspecified atom stereocenters. The van der Waals surface area contributed by atoms with Gasteiger partial charge in [-0.2, -0.15) is 0 Å². The van der Waals surface area contributed by atoms with Crippen molar-refractivity contribution >= 4 is 23.5 Å². The summed E-state index contributed by atoms with van der Waals surface area (Å²) >= 11 is 0. The molecule has 0 heterocycles. The normalized spacial score (nSPS) is 15.1. The van der Waals surface area contributed by atoms with Gasteiger partial charge in [-0.1, -0.05) is 12.8 Å². The largest absolute Gasteiger partial charge is 0.480 e. The minimum atomic E-state index is -1.01. The number of carboxylic acid groups (broad SMARTS) is 1. The number of nitrogens with one attached hydrogen (secondary N) is 2. The molecule has 6 nitrogen and oxygen atoms in total. The maximum Gasteiger partial charge on any atom is 0.326 e. The fourth-order valence-electron chi connectivity index (χ4n) is 2.06. The zero-order valence-electron chi connectivity index (χ0n) is 11.8. The van der Waals surface area contributed by atoms with Crippen LogP contribution in [0.15, 0.2) is 24.3 Å². The summed E-state index contributed by atoms with van der Waals surface area (Å²) in [7, 11) is 0. The SMILES string of the molecule is CC(=O)Nc1ccc(C(=O)N[C@H](CC2CC2)C(=O)O)cc1. The van der Waals surface area contributed by atoms with Gasteiger partial charge in [0.1, 0.15) is 6.04 Å². The van der Waals surface area contributed by atoms with Crippen LogP contribution in [0.3, 0.4) is 0 Å². The number of hydrogen-bond acceptors (Lipinski definition) is 3. The van der Waals surface area contributed by atoms with Crippen LogP contribution in [0.5, 0.6) is 0 Å². The van der Waals surface area contributed by atoms with Gasteiger partial charge in [-0.05, 0) is 36.6 Å². The van der Waals surface area contributed by atoms with E-state index < -0.39 is 17.9 Å². The molecule has 1 fully saturated rings. The van der Waals surface area contributed by atoms with E-state index in [2.05, 4.69) is 10.6 Å². The third kappa shape index (κ3) is 4.59. The lowest BCUT2D eigenvalue weighted by molar-refractivity contribution is -0.139. The number of benzene rings is 1. The first-order chi connectivity index (χ1) is 9.95. The van der Waals surface area contributed by atoms with Crippen molar-refractivity contribution in [3.63, 3.8) is 0 Å². The van der Waals surface area contributed by atoms with E-state index in [0.29, 0.717) is 23.6 Å². The van der Waals surface area contributed by atoms with Crippen LogP contribution in [-0.4, -0.2) is 28.9 Å². The van der Waals surface area contributed by atoms with Gasteiger partial charge in [-0.25, -0.2) is 4.79 Å². The van der Waals surface area contributed by atoms with Crippen LogP contribution in [0, 0.1) is 5.92 Å². The minimum absolute atomic E-state index is 0.192. The summed E-state index contributed by atoms with van der Waals surface area (Å²) in [6.07, 6.45) is 2.54. The van der Waals surface area contributed by atoms with Crippen LogP contribution >= 0.6 is 0 Å². The maximum atomic E-state index is 12.0. The van der Waals surface area contributed by atoms with Crippen LogP contribution in [0.2, 0.25) is 0 Å². The van der Waals surface area contributed by atoms with Crippen molar-refractivity contribution in [2.24, 2.45) is 5.92 Å². The van der Waals surface area contributed by atoms with Gasteiger partial charge in [0, 0.05) is 18.2 Å². The van der Waals surface area contributed by atoms with Crippen LogP contribution in [-0.2, 0) is 9.59 Å². The standard InChI is InChI=1S/C15H18N2O4/c1-9(18)16-12-6-4-11(5-7-12)14(19)17-13(15(20)21)8-10-2-3-10/h4-7,10,13H,2-3,8H2,1H3,(H,16,18)(H,17,19)(H,20,21)/t13-/m1/s1. The van der Waals surface area contributed by atoms with Crippen molar-refractivity contribution in [3.8, 4) is 0 Å². The van der Waals surface area contributed by atoms with Crippen molar-refractivity contribution in [3.05, 3.63) is 29.8 Å². The lowest BCUT2D eigenvalue weighted by Gasteiger charge is -2.14. The third-order valence-electron chi connectivity index (χ3n) is 3.34. The van der Waals surface area contributed by atoms with E-state index in [1.54, 1.807) is 24.3 Å². The molecule has 3 N–H and O–H groups in total. The second kappa shape index (κ2) is 6.39. The Hall–Kier alpha value is -2.37. The molecule has 112 valence electrons. The van der Waals surface area contributed by atoms with Crippen LogP contribution in [0.25, 0.3) is 0 Å². The number of rotatable bonds is 6. The topological polar surface area (TPSA) is 95.5 Å². The van der Waals surface area contributed by atoms with Crippen LogP contribution < -0.4 is 10.6 Å². The fraction of sp³-hybridized carbons (Fsp3) is 0.400. The molecule has 1 aromatic rings. The fourth-order valence-corrected chi connectivity index (χ4v) is 2.06. The summed E-state index contributed by atoms with van der Waals surface area (Å²) < 4.78 is 0. The summed E-state index contributed by atoms with van der Waals surface area (Å²) in [5, 5.41) is 14.3. The van der Waals surface area contributed by atoms with Crippen molar-refractivity contribution in [2.75, 3.05) is 5.32 Å². The summed E-state index contributed by atoms with van der Waals surface area (Å²) in [4.78, 5) is 34.1. The molecule has 6 heteroatoms. The Kier molecular flexibility index (Phi) is 4.57. The Labute approximate surface area is 122 Å². The molecule has 0 saturated heterocycles.